The van der Waals surface area contributed by atoms with Gasteiger partial charge in [0.05, 0.1) is 34.3 Å². The summed E-state index contributed by atoms with van der Waals surface area (Å²) in [5.41, 5.74) is 3.69. The summed E-state index contributed by atoms with van der Waals surface area (Å²) in [6.07, 6.45) is 5.60. The number of hydrogen-bond donors (Lipinski definition) is 1. The molecule has 0 bridgehead atoms. The van der Waals surface area contributed by atoms with Gasteiger partial charge in [0.1, 0.15) is 11.4 Å². The number of likely N-dealkylation sites (tertiary alicyclic amines) is 1. The Labute approximate surface area is 212 Å². The van der Waals surface area contributed by atoms with E-state index in [2.05, 4.69) is 20.4 Å². The zero-order valence-corrected chi connectivity index (χ0v) is 20.9. The fourth-order valence-electron chi connectivity index (χ4n) is 5.31. The molecule has 3 heterocycles. The second kappa shape index (κ2) is 8.20. The van der Waals surface area contributed by atoms with Crippen LogP contribution in [0.2, 0.25) is 0 Å². The molecule has 7 nitrogen and oxygen atoms in total. The second-order valence-corrected chi connectivity index (χ2v) is 10.7. The summed E-state index contributed by atoms with van der Waals surface area (Å²) in [6.45, 7) is 1.57. The van der Waals surface area contributed by atoms with Gasteiger partial charge in [-0.25, -0.2) is 0 Å². The first-order valence-corrected chi connectivity index (χ1v) is 13.0. The van der Waals surface area contributed by atoms with Gasteiger partial charge in [-0.2, -0.15) is 8.42 Å². The summed E-state index contributed by atoms with van der Waals surface area (Å²) in [6, 6.07) is 14.7. The van der Waals surface area contributed by atoms with Crippen LogP contribution in [0.1, 0.15) is 11.6 Å². The fourth-order valence-corrected chi connectivity index (χ4v) is 5.82. The van der Waals surface area contributed by atoms with Crippen LogP contribution in [0.4, 0.5) is 3.89 Å². The Morgan fingerprint density at radius 2 is 1.89 bits per heavy atom. The smallest absolute Gasteiger partial charge is 0.332 e. The Morgan fingerprint density at radius 1 is 1.11 bits per heavy atom. The molecule has 0 aliphatic carbocycles. The number of nitrogens with zero attached hydrogens (tertiary/aromatic N) is 2. The molecule has 1 aliphatic rings. The molecule has 1 N–H and O–H groups in total. The van der Waals surface area contributed by atoms with Crippen molar-refractivity contribution >= 4 is 43.1 Å². The molecular formula is C28H22FN3O4S. The largest absolute Gasteiger partial charge is 0.496 e. The maximum atomic E-state index is 13.9. The first kappa shape index (κ1) is 23.3. The highest BCUT2D eigenvalue weighted by Gasteiger charge is 2.29. The maximum Gasteiger partial charge on any atom is 0.332 e. The molecule has 0 atom stereocenters. The Balaban J connectivity index is 1.73. The number of likely N-dealkylation sites (N-methyl/N-ethyl adjacent to an activating group) is 1. The van der Waals surface area contributed by atoms with Crippen molar-refractivity contribution in [2.45, 2.75) is 10.9 Å². The Morgan fingerprint density at radius 3 is 2.57 bits per heavy atom. The quantitative estimate of drug-likeness (QED) is 0.283. The maximum absolute atomic E-state index is 13.9. The zero-order valence-electron chi connectivity index (χ0n) is 20.1. The highest BCUT2D eigenvalue weighted by atomic mass is 32.3. The Kier molecular flexibility index (Phi) is 5.16. The van der Waals surface area contributed by atoms with E-state index in [4.69, 9.17) is 11.2 Å². The van der Waals surface area contributed by atoms with E-state index >= 15 is 0 Å². The van der Waals surface area contributed by atoms with Crippen LogP contribution in [0.5, 0.6) is 5.75 Å². The number of aromatic amines is 1. The summed E-state index contributed by atoms with van der Waals surface area (Å²) >= 11 is 0. The molecule has 1 aliphatic heterocycles. The molecule has 2 aromatic heterocycles. The first-order chi connectivity index (χ1) is 17.7. The SMILES string of the molecule is C#Cc1ccc2c(c1)[nH]c1c2c(=O)c2cc(OC)c(-c3cccc(S(=O)(=O)F)c3)cc2n1C1CN(C)C1. The second-order valence-electron chi connectivity index (χ2n) is 9.36. The van der Waals surface area contributed by atoms with Crippen molar-refractivity contribution in [1.29, 1.82) is 0 Å². The highest BCUT2D eigenvalue weighted by Crippen LogP contribution is 2.38. The number of benzene rings is 3. The number of pyridine rings is 1. The van der Waals surface area contributed by atoms with E-state index in [1.165, 1.54) is 25.3 Å². The molecule has 1 fully saturated rings. The normalized spacial score (nSPS) is 14.8. The van der Waals surface area contributed by atoms with Gasteiger partial charge < -0.3 is 19.2 Å². The Bertz CT molecular complexity index is 1960. The molecule has 0 unspecified atom stereocenters. The topological polar surface area (TPSA) is 84.4 Å². The molecule has 5 aromatic rings. The van der Waals surface area contributed by atoms with Crippen LogP contribution in [-0.4, -0.2) is 50.1 Å². The van der Waals surface area contributed by atoms with Crippen molar-refractivity contribution in [3.63, 3.8) is 0 Å². The standard InChI is InChI=1S/C28H22FN3O4S/c1-4-16-8-9-20-23(10-16)30-28-26(20)27(33)22-13-25(36-3)21(12-24(22)32(28)18-14-31(2)15-18)17-6-5-7-19(11-17)37(29,34)35/h1,5-13,18,30H,14-15H2,2-3H3. The summed E-state index contributed by atoms with van der Waals surface area (Å²) in [7, 11) is -1.39. The monoisotopic (exact) mass is 515 g/mol. The number of ether oxygens (including phenoxy) is 1. The highest BCUT2D eigenvalue weighted by molar-refractivity contribution is 7.86. The molecule has 0 radical (unpaired) electrons. The van der Waals surface area contributed by atoms with Crippen molar-refractivity contribution in [2.75, 3.05) is 27.2 Å². The van der Waals surface area contributed by atoms with Crippen molar-refractivity contribution in [2.24, 2.45) is 0 Å². The number of aromatic nitrogens is 2. The van der Waals surface area contributed by atoms with Crippen molar-refractivity contribution in [3.05, 3.63) is 70.4 Å². The lowest BCUT2D eigenvalue weighted by molar-refractivity contribution is 0.146. The van der Waals surface area contributed by atoms with Crippen LogP contribution >= 0.6 is 0 Å². The number of fused-ring (bicyclic) bond motifs is 4. The van der Waals surface area contributed by atoms with E-state index < -0.39 is 15.1 Å². The van der Waals surface area contributed by atoms with Gasteiger partial charge in [-0.1, -0.05) is 24.1 Å². The zero-order chi connectivity index (χ0) is 26.1. The Hall–Kier alpha value is -4.13. The summed E-state index contributed by atoms with van der Waals surface area (Å²) in [5.74, 6) is 3.01. The van der Waals surface area contributed by atoms with E-state index in [1.54, 1.807) is 12.1 Å². The minimum absolute atomic E-state index is 0.0922. The van der Waals surface area contributed by atoms with Gasteiger partial charge in [0.2, 0.25) is 0 Å². The predicted octanol–water partition coefficient (Wildman–Crippen LogP) is 4.44. The van der Waals surface area contributed by atoms with Gasteiger partial charge in [0, 0.05) is 35.1 Å². The molecule has 6 rings (SSSR count). The van der Waals surface area contributed by atoms with E-state index in [1.807, 2.05) is 31.3 Å². The molecule has 186 valence electrons. The van der Waals surface area contributed by atoms with E-state index in [9.17, 15) is 17.1 Å². The molecule has 0 amide bonds. The van der Waals surface area contributed by atoms with E-state index in [0.29, 0.717) is 44.4 Å². The first-order valence-electron chi connectivity index (χ1n) is 11.6. The van der Waals surface area contributed by atoms with Gasteiger partial charge in [-0.15, -0.1) is 10.3 Å². The van der Waals surface area contributed by atoms with Crippen molar-refractivity contribution in [3.8, 4) is 29.2 Å². The van der Waals surface area contributed by atoms with Crippen molar-refractivity contribution < 1.29 is 17.0 Å². The molecule has 3 aromatic carbocycles. The fraction of sp³-hybridized carbons (Fsp3) is 0.179. The van der Waals surface area contributed by atoms with Gasteiger partial charge >= 0.3 is 10.2 Å². The van der Waals surface area contributed by atoms with Crippen LogP contribution in [0.25, 0.3) is 44.0 Å². The lowest BCUT2D eigenvalue weighted by atomic mass is 9.99. The number of H-pyrrole nitrogens is 1. The average molecular weight is 516 g/mol. The van der Waals surface area contributed by atoms with Gasteiger partial charge in [0.15, 0.2) is 5.43 Å². The average Bonchev–Trinajstić information content (AvgIpc) is 3.25. The van der Waals surface area contributed by atoms with Crippen LogP contribution in [0, 0.1) is 12.3 Å². The third kappa shape index (κ3) is 3.60. The van der Waals surface area contributed by atoms with Crippen LogP contribution < -0.4 is 10.2 Å². The summed E-state index contributed by atoms with van der Waals surface area (Å²) in [4.78, 5) is 19.1. The lowest BCUT2D eigenvalue weighted by Gasteiger charge is -2.39. The van der Waals surface area contributed by atoms with E-state index in [-0.39, 0.29) is 11.5 Å². The van der Waals surface area contributed by atoms with Crippen LogP contribution in [0.15, 0.2) is 64.3 Å². The number of nitrogens with one attached hydrogen (secondary N) is 1. The lowest BCUT2D eigenvalue weighted by Crippen LogP contribution is -2.45. The number of halogens is 1. The number of terminal acetylenes is 1. The number of hydrogen-bond acceptors (Lipinski definition) is 5. The summed E-state index contributed by atoms with van der Waals surface area (Å²) < 4.78 is 44.6. The molecule has 0 spiro atoms. The molecule has 1 saturated heterocycles. The van der Waals surface area contributed by atoms with Crippen LogP contribution in [-0.2, 0) is 10.2 Å². The predicted molar refractivity (Wildman–Crippen MR) is 142 cm³/mol. The third-order valence-corrected chi connectivity index (χ3v) is 7.89. The molecule has 37 heavy (non-hydrogen) atoms. The molecule has 9 heteroatoms. The van der Waals surface area contributed by atoms with Crippen LogP contribution in [0.3, 0.4) is 0 Å². The number of methoxy groups -OCH3 is 1. The van der Waals surface area contributed by atoms with E-state index in [0.717, 1.165) is 24.0 Å². The van der Waals surface area contributed by atoms with Gasteiger partial charge in [-0.05, 0) is 49.0 Å². The van der Waals surface area contributed by atoms with Crippen molar-refractivity contribution in [1.82, 2.24) is 14.5 Å². The molecular weight excluding hydrogens is 493 g/mol. The third-order valence-electron chi connectivity index (χ3n) is 7.07. The minimum Gasteiger partial charge on any atom is -0.496 e. The minimum atomic E-state index is -4.89. The van der Waals surface area contributed by atoms with Gasteiger partial charge in [0.25, 0.3) is 0 Å². The molecule has 0 saturated carbocycles. The number of rotatable bonds is 4. The van der Waals surface area contributed by atoms with Gasteiger partial charge in [-0.3, -0.25) is 4.79 Å². The summed E-state index contributed by atoms with van der Waals surface area (Å²) in [5, 5.41) is 1.83.